The number of rotatable bonds is 10. The van der Waals surface area contributed by atoms with Crippen molar-refractivity contribution in [2.45, 2.75) is 26.1 Å². The molecule has 0 saturated heterocycles. The Morgan fingerprint density at radius 3 is 2.68 bits per heavy atom. The molecule has 9 heteroatoms. The van der Waals surface area contributed by atoms with Crippen molar-refractivity contribution in [2.24, 2.45) is 0 Å². The van der Waals surface area contributed by atoms with Gasteiger partial charge >= 0.3 is 0 Å². The number of amides is 2. The minimum Gasteiger partial charge on any atom is -0.467 e. The Labute approximate surface area is 197 Å². The second-order valence-corrected chi connectivity index (χ2v) is 7.87. The Balaban J connectivity index is 1.65. The first-order valence-corrected chi connectivity index (χ1v) is 11.0. The highest BCUT2D eigenvalue weighted by Crippen LogP contribution is 2.25. The molecule has 2 amide bonds. The molecule has 2 aromatic heterocycles. The molecule has 176 valence electrons. The number of benzene rings is 2. The lowest BCUT2D eigenvalue weighted by molar-refractivity contribution is -0.142. The lowest BCUT2D eigenvalue weighted by atomic mass is 9.98. The first kappa shape index (κ1) is 23.2. The third-order valence-corrected chi connectivity index (χ3v) is 5.62. The molecular formula is C25H27N5O4. The lowest BCUT2D eigenvalue weighted by Crippen LogP contribution is -2.46. The van der Waals surface area contributed by atoms with E-state index < -0.39 is 6.04 Å². The van der Waals surface area contributed by atoms with Gasteiger partial charge in [-0.2, -0.15) is 0 Å². The number of hydrogen-bond donors (Lipinski definition) is 1. The maximum atomic E-state index is 13.6. The van der Waals surface area contributed by atoms with Gasteiger partial charge in [-0.15, -0.1) is 5.10 Å². The average molecular weight is 462 g/mol. The van der Waals surface area contributed by atoms with Gasteiger partial charge in [-0.25, -0.2) is 4.68 Å². The molecule has 0 aliphatic carbocycles. The van der Waals surface area contributed by atoms with E-state index in [1.807, 2.05) is 55.5 Å². The molecular weight excluding hydrogens is 434 g/mol. The van der Waals surface area contributed by atoms with Gasteiger partial charge in [0.1, 0.15) is 23.9 Å². The molecule has 4 aromatic rings. The molecule has 0 saturated carbocycles. The highest BCUT2D eigenvalue weighted by Gasteiger charge is 2.32. The number of carbonyl (C=O) groups excluding carboxylic acids is 2. The van der Waals surface area contributed by atoms with Crippen LogP contribution in [0.25, 0.3) is 11.0 Å². The van der Waals surface area contributed by atoms with E-state index in [0.717, 1.165) is 16.6 Å². The number of nitrogens with one attached hydrogen (secondary N) is 1. The van der Waals surface area contributed by atoms with Crippen LogP contribution in [0.4, 0.5) is 0 Å². The number of carbonyl (C=O) groups is 2. The number of nitrogens with zero attached hydrogens (tertiary/aromatic N) is 4. The van der Waals surface area contributed by atoms with Crippen LogP contribution in [-0.2, 0) is 27.4 Å². The van der Waals surface area contributed by atoms with Crippen LogP contribution in [0.3, 0.4) is 0 Å². The van der Waals surface area contributed by atoms with Crippen LogP contribution in [0.5, 0.6) is 0 Å². The topological polar surface area (TPSA) is 102 Å². The summed E-state index contributed by atoms with van der Waals surface area (Å²) in [5.74, 6) is 0.0495. The number of ether oxygens (including phenoxy) is 1. The zero-order chi connectivity index (χ0) is 23.9. The fourth-order valence-electron chi connectivity index (χ4n) is 3.87. The van der Waals surface area contributed by atoms with Crippen LogP contribution in [0.2, 0.25) is 0 Å². The molecule has 0 radical (unpaired) electrons. The maximum Gasteiger partial charge on any atom is 0.247 e. The van der Waals surface area contributed by atoms with Gasteiger partial charge in [0.2, 0.25) is 11.8 Å². The van der Waals surface area contributed by atoms with E-state index in [0.29, 0.717) is 11.3 Å². The van der Waals surface area contributed by atoms with E-state index in [1.165, 1.54) is 0 Å². The van der Waals surface area contributed by atoms with Gasteiger partial charge in [0.15, 0.2) is 0 Å². The van der Waals surface area contributed by atoms with Gasteiger partial charge in [0.05, 0.1) is 24.9 Å². The molecule has 9 nitrogen and oxygen atoms in total. The van der Waals surface area contributed by atoms with Gasteiger partial charge in [-0.05, 0) is 42.3 Å². The van der Waals surface area contributed by atoms with Crippen molar-refractivity contribution in [2.75, 3.05) is 20.3 Å². The smallest absolute Gasteiger partial charge is 0.247 e. The first-order valence-electron chi connectivity index (χ1n) is 11.0. The zero-order valence-electron chi connectivity index (χ0n) is 19.2. The molecule has 0 spiro atoms. The van der Waals surface area contributed by atoms with E-state index in [-0.39, 0.29) is 38.1 Å². The van der Waals surface area contributed by atoms with Gasteiger partial charge < -0.3 is 19.4 Å². The van der Waals surface area contributed by atoms with Crippen molar-refractivity contribution in [3.05, 3.63) is 83.8 Å². The van der Waals surface area contributed by atoms with Crippen molar-refractivity contribution >= 4 is 22.8 Å². The molecule has 0 bridgehead atoms. The number of aryl methyl sites for hydroxylation is 1. The minimum atomic E-state index is -0.853. The van der Waals surface area contributed by atoms with E-state index in [4.69, 9.17) is 9.15 Å². The predicted octanol–water partition coefficient (Wildman–Crippen LogP) is 2.87. The van der Waals surface area contributed by atoms with Gasteiger partial charge in [-0.3, -0.25) is 9.59 Å². The maximum absolute atomic E-state index is 13.6. The molecule has 34 heavy (non-hydrogen) atoms. The highest BCUT2D eigenvalue weighted by molar-refractivity contribution is 5.89. The fraction of sp³-hybridized carbons (Fsp3) is 0.280. The number of methoxy groups -OCH3 is 1. The standard InChI is InChI=1S/C25H27N5O4/c1-18-8-3-4-10-20(18)24(25(32)26-16-19-9-7-14-34-19)29(13-15-33-2)23(31)17-30-22-12-6-5-11-21(22)27-28-30/h3-12,14,24H,13,15-17H2,1-2H3,(H,26,32)/t24-/m1/s1. The second-order valence-electron chi connectivity index (χ2n) is 7.87. The summed E-state index contributed by atoms with van der Waals surface area (Å²) in [6, 6.07) is 17.7. The summed E-state index contributed by atoms with van der Waals surface area (Å²) in [7, 11) is 1.56. The van der Waals surface area contributed by atoms with Crippen molar-refractivity contribution in [1.29, 1.82) is 0 Å². The number of fused-ring (bicyclic) bond motifs is 1. The third kappa shape index (κ3) is 5.15. The SMILES string of the molecule is COCCN(C(=O)Cn1nnc2ccccc21)[C@@H](C(=O)NCc1ccco1)c1ccccc1C. The number of para-hydroxylation sites is 1. The molecule has 0 unspecified atom stereocenters. The molecule has 0 fully saturated rings. The normalized spacial score (nSPS) is 11.9. The summed E-state index contributed by atoms with van der Waals surface area (Å²) >= 11 is 0. The molecule has 2 heterocycles. The first-order chi connectivity index (χ1) is 16.6. The summed E-state index contributed by atoms with van der Waals surface area (Å²) in [6.07, 6.45) is 1.55. The molecule has 2 aromatic carbocycles. The van der Waals surface area contributed by atoms with Crippen LogP contribution >= 0.6 is 0 Å². The zero-order valence-corrected chi connectivity index (χ0v) is 19.2. The monoisotopic (exact) mass is 461 g/mol. The fourth-order valence-corrected chi connectivity index (χ4v) is 3.87. The number of furan rings is 1. The van der Waals surface area contributed by atoms with Crippen molar-refractivity contribution in [1.82, 2.24) is 25.2 Å². The molecule has 0 aliphatic heterocycles. The summed E-state index contributed by atoms with van der Waals surface area (Å²) in [5.41, 5.74) is 3.09. The van der Waals surface area contributed by atoms with Crippen LogP contribution < -0.4 is 5.32 Å². The van der Waals surface area contributed by atoms with E-state index in [2.05, 4.69) is 15.6 Å². The van der Waals surface area contributed by atoms with Gasteiger partial charge in [0, 0.05) is 13.7 Å². The van der Waals surface area contributed by atoms with Crippen molar-refractivity contribution in [3.63, 3.8) is 0 Å². The Hall–Kier alpha value is -3.98. The van der Waals surface area contributed by atoms with Gasteiger partial charge in [0.25, 0.3) is 0 Å². The molecule has 0 aliphatic rings. The quantitative estimate of drug-likeness (QED) is 0.390. The van der Waals surface area contributed by atoms with E-state index >= 15 is 0 Å². The van der Waals surface area contributed by atoms with E-state index in [1.54, 1.807) is 35.1 Å². The Bertz CT molecular complexity index is 1250. The van der Waals surface area contributed by atoms with Crippen LogP contribution in [0, 0.1) is 6.92 Å². The average Bonchev–Trinajstić information content (AvgIpc) is 3.51. The molecule has 1 N–H and O–H groups in total. The summed E-state index contributed by atoms with van der Waals surface area (Å²) < 4.78 is 12.2. The van der Waals surface area contributed by atoms with Crippen molar-refractivity contribution in [3.8, 4) is 0 Å². The van der Waals surface area contributed by atoms with Crippen LogP contribution in [0.15, 0.2) is 71.3 Å². The lowest BCUT2D eigenvalue weighted by Gasteiger charge is -2.32. The minimum absolute atomic E-state index is 0.0575. The van der Waals surface area contributed by atoms with Crippen molar-refractivity contribution < 1.29 is 18.7 Å². The number of aromatic nitrogens is 3. The molecule has 1 atom stereocenters. The highest BCUT2D eigenvalue weighted by atomic mass is 16.5. The van der Waals surface area contributed by atoms with E-state index in [9.17, 15) is 9.59 Å². The Morgan fingerprint density at radius 2 is 1.91 bits per heavy atom. The second kappa shape index (κ2) is 10.8. The summed E-state index contributed by atoms with van der Waals surface area (Å²) in [5, 5.41) is 11.2. The third-order valence-electron chi connectivity index (χ3n) is 5.62. The Morgan fingerprint density at radius 1 is 1.12 bits per heavy atom. The van der Waals surface area contributed by atoms with Crippen LogP contribution in [-0.4, -0.2) is 52.0 Å². The van der Waals surface area contributed by atoms with Gasteiger partial charge in [-0.1, -0.05) is 41.6 Å². The summed E-state index contributed by atoms with van der Waals surface area (Å²) in [6.45, 7) is 2.59. The largest absolute Gasteiger partial charge is 0.467 e. The number of hydrogen-bond acceptors (Lipinski definition) is 6. The molecule has 4 rings (SSSR count). The predicted molar refractivity (Wildman–Crippen MR) is 126 cm³/mol. The van der Waals surface area contributed by atoms with Crippen LogP contribution in [0.1, 0.15) is 22.9 Å². The summed E-state index contributed by atoms with van der Waals surface area (Å²) in [4.78, 5) is 28.6. The Kier molecular flexibility index (Phi) is 7.34.